The number of fused-ring (bicyclic) bond motifs is 3. The molecule has 0 saturated heterocycles. The predicted octanol–water partition coefficient (Wildman–Crippen LogP) is 9.71. The minimum Gasteiger partial charge on any atom is -0.201 e. The topological polar surface area (TPSA) is 11.6 Å². The third-order valence-electron chi connectivity index (χ3n) is 10.7. The van der Waals surface area contributed by atoms with Crippen molar-refractivity contribution in [3.05, 3.63) is 160 Å². The van der Waals surface area contributed by atoms with E-state index in [1.54, 1.807) is 6.07 Å². The molecule has 0 aliphatic heterocycles. The smallest absolute Gasteiger partial charge is 0.201 e. The lowest BCUT2D eigenvalue weighted by molar-refractivity contribution is -0.661. The zero-order chi connectivity index (χ0) is 44.1. The van der Waals surface area contributed by atoms with E-state index in [0.717, 1.165) is 69.7 Å². The second-order valence-corrected chi connectivity index (χ2v) is 14.5. The lowest BCUT2D eigenvalue weighted by Gasteiger charge is -2.17. The molecule has 53 heavy (non-hydrogen) atoms. The Morgan fingerprint density at radius 3 is 1.47 bits per heavy atom. The van der Waals surface area contributed by atoms with Gasteiger partial charge in [0.25, 0.3) is 0 Å². The summed E-state index contributed by atoms with van der Waals surface area (Å²) in [6, 6.07) is 30.2. The van der Waals surface area contributed by atoms with Gasteiger partial charge in [-0.05, 0) is 143 Å². The molecule has 0 unspecified atom stereocenters. The van der Waals surface area contributed by atoms with Crippen molar-refractivity contribution in [1.29, 1.82) is 0 Å². The molecule has 0 atom stereocenters. The Morgan fingerprint density at radius 2 is 0.906 bits per heavy atom. The van der Waals surface area contributed by atoms with E-state index in [4.69, 9.17) is 11.0 Å². The molecule has 3 aromatic heterocycles. The van der Waals surface area contributed by atoms with Gasteiger partial charge in [-0.2, -0.15) is 0 Å². The third-order valence-corrected chi connectivity index (χ3v) is 10.7. The van der Waals surface area contributed by atoms with Crippen molar-refractivity contribution in [3.63, 3.8) is 0 Å². The van der Waals surface area contributed by atoms with Gasteiger partial charge in [0.05, 0.1) is 0 Å². The van der Waals surface area contributed by atoms with E-state index in [1.165, 1.54) is 22.3 Å². The van der Waals surface area contributed by atoms with Crippen molar-refractivity contribution in [3.8, 4) is 33.8 Å². The fraction of sp³-hybridized carbons (Fsp3) is 0.340. The van der Waals surface area contributed by atoms with E-state index in [2.05, 4.69) is 65.7 Å². The summed E-state index contributed by atoms with van der Waals surface area (Å²) in [6.07, 6.45) is 5.05. The van der Waals surface area contributed by atoms with Crippen LogP contribution in [0.25, 0.3) is 33.8 Å². The highest BCUT2D eigenvalue weighted by Gasteiger charge is 2.24. The molecule has 3 aromatic carbocycles. The van der Waals surface area contributed by atoms with Gasteiger partial charge in [0.2, 0.25) is 17.1 Å². The van der Waals surface area contributed by atoms with Gasteiger partial charge in [0.15, 0.2) is 18.6 Å². The minimum absolute atomic E-state index is 0.204. The molecular formula is C50H58N3+3. The van der Waals surface area contributed by atoms with Gasteiger partial charge in [0, 0.05) is 62.5 Å². The number of benzene rings is 3. The van der Waals surface area contributed by atoms with Crippen molar-refractivity contribution in [2.45, 2.75) is 91.2 Å². The largest absolute Gasteiger partial charge is 0.216 e. The van der Waals surface area contributed by atoms with Crippen molar-refractivity contribution < 1.29 is 24.7 Å². The molecule has 3 aliphatic carbocycles. The highest BCUT2D eigenvalue weighted by molar-refractivity contribution is 5.66. The van der Waals surface area contributed by atoms with Gasteiger partial charge in [-0.3, -0.25) is 0 Å². The molecule has 3 heterocycles. The summed E-state index contributed by atoms with van der Waals surface area (Å²) in [4.78, 5) is 0. The molecule has 0 fully saturated rings. The van der Waals surface area contributed by atoms with Crippen molar-refractivity contribution >= 4 is 0 Å². The van der Waals surface area contributed by atoms with Crippen molar-refractivity contribution in [2.75, 3.05) is 0 Å². The monoisotopic (exact) mass is 709 g/mol. The molecular weight excluding hydrogens is 643 g/mol. The molecule has 0 saturated carbocycles. The van der Waals surface area contributed by atoms with E-state index in [9.17, 15) is 0 Å². The maximum absolute atomic E-state index is 8.43. The second kappa shape index (κ2) is 16.4. The summed E-state index contributed by atoms with van der Waals surface area (Å²) in [7, 11) is 5.98. The first kappa shape index (κ1) is 27.7. The van der Waals surface area contributed by atoms with E-state index >= 15 is 0 Å². The Kier molecular flexibility index (Phi) is 8.57. The molecule has 3 nitrogen and oxygen atoms in total. The quantitative estimate of drug-likeness (QED) is 0.162. The predicted molar refractivity (Wildman–Crippen MR) is 219 cm³/mol. The Balaban J connectivity index is 0.000000138. The maximum atomic E-state index is 8.43. The Morgan fingerprint density at radius 1 is 0.453 bits per heavy atom. The van der Waals surface area contributed by atoms with Crippen LogP contribution in [0.5, 0.6) is 0 Å². The second-order valence-electron chi connectivity index (χ2n) is 14.5. The first-order valence-electron chi connectivity index (χ1n) is 23.0. The number of nitrogens with zero attached hydrogens (tertiary/aromatic N) is 3. The van der Waals surface area contributed by atoms with Crippen LogP contribution in [-0.4, -0.2) is 0 Å². The molecule has 0 N–H and O–H groups in total. The van der Waals surface area contributed by atoms with Crippen LogP contribution in [0.2, 0.25) is 0 Å². The highest BCUT2D eigenvalue weighted by Crippen LogP contribution is 2.31. The van der Waals surface area contributed by atoms with Crippen LogP contribution in [0, 0.1) is 20.8 Å². The number of rotatable bonds is 3. The van der Waals surface area contributed by atoms with Crippen LogP contribution >= 0.6 is 0 Å². The van der Waals surface area contributed by atoms with E-state index in [1.807, 2.05) is 93.4 Å². The fourth-order valence-electron chi connectivity index (χ4n) is 7.75. The first-order valence-corrected chi connectivity index (χ1v) is 19.0. The van der Waals surface area contributed by atoms with Crippen LogP contribution in [0.4, 0.5) is 0 Å². The number of hydrogen-bond donors (Lipinski definition) is 0. The average Bonchev–Trinajstić information content (AvgIpc) is 3.49. The summed E-state index contributed by atoms with van der Waals surface area (Å²) in [5, 5.41) is 0. The normalized spacial score (nSPS) is 20.2. The molecule has 0 bridgehead atoms. The van der Waals surface area contributed by atoms with Gasteiger partial charge < -0.3 is 0 Å². The van der Waals surface area contributed by atoms with Gasteiger partial charge >= 0.3 is 0 Å². The maximum Gasteiger partial charge on any atom is 0.216 e. The molecule has 6 aromatic rings. The molecule has 0 radical (unpaired) electrons. The Hall–Kier alpha value is -4.89. The number of aryl methyl sites for hydroxylation is 11. The number of hydrogen-bond acceptors (Lipinski definition) is 0. The molecule has 3 heteroatoms. The summed E-state index contributed by atoms with van der Waals surface area (Å²) < 4.78 is 72.2. The van der Waals surface area contributed by atoms with Gasteiger partial charge in [-0.25, -0.2) is 13.7 Å². The molecule has 9 rings (SSSR count). The zero-order valence-electron chi connectivity index (χ0n) is 40.2. The van der Waals surface area contributed by atoms with E-state index in [0.29, 0.717) is 24.0 Å². The average molecular weight is 709 g/mol. The summed E-state index contributed by atoms with van der Waals surface area (Å²) in [6.45, 7) is 6.20. The van der Waals surface area contributed by atoms with Gasteiger partial charge in [-0.1, -0.05) is 54.6 Å². The first-order chi connectivity index (χ1) is 28.7. The van der Waals surface area contributed by atoms with E-state index in [-0.39, 0.29) is 12.8 Å². The van der Waals surface area contributed by atoms with Crippen LogP contribution in [0.3, 0.4) is 0 Å². The zero-order valence-corrected chi connectivity index (χ0v) is 32.2. The SMILES string of the molecule is [2H]C1([2H])CCC([2H])([2H])c2c1cc[n+](C)c2-c1ccccc1C.[2H]C1([2H])CCCc2c[n+](C)c(-c3ccccc3C)cc21.[2H]C1([2H])CCc2c[n+](C)c(-c3ccccc3C)cc21. The number of aromatic nitrogens is 3. The molecule has 3 aliphatic rings. The van der Waals surface area contributed by atoms with Crippen LogP contribution in [0.1, 0.15) is 93.1 Å². The standard InChI is InChI=1S/2C17H20N.C16H18N/c1-13-7-3-6-10-16(13)17-11-14-8-4-5-9-15(14)12-18(17)2;1-13-7-3-5-9-15(13)17-16-10-6-4-8-14(16)11-12-18(17)2;1-12-6-3-4-9-15(12)16-10-13-7-5-8-14(13)11-17(16)2/h3,6-7,10-12H,4-5,8-9H2,1-2H3;3,5,7,9,11-12H,4,6,8,10H2,1-2H3;3-4,6,9-11H,5,7-8H2,1-2H3/q3*+1/i8D2;8D2,10D2;7D2. The highest BCUT2D eigenvalue weighted by atomic mass is 14.9. The number of pyridine rings is 3. The summed E-state index contributed by atoms with van der Waals surface area (Å²) in [5.41, 5.74) is 14.8. The minimum atomic E-state index is -1.52. The lowest BCUT2D eigenvalue weighted by atomic mass is 9.88. The third kappa shape index (κ3) is 8.05. The van der Waals surface area contributed by atoms with Crippen molar-refractivity contribution in [1.82, 2.24) is 0 Å². The molecule has 0 amide bonds. The molecule has 270 valence electrons. The molecule has 0 spiro atoms. The van der Waals surface area contributed by atoms with E-state index < -0.39 is 25.5 Å². The van der Waals surface area contributed by atoms with Crippen LogP contribution in [-0.2, 0) is 59.5 Å². The fourth-order valence-corrected chi connectivity index (χ4v) is 7.75. The van der Waals surface area contributed by atoms with Crippen LogP contribution in [0.15, 0.2) is 110 Å². The van der Waals surface area contributed by atoms with Gasteiger partial charge in [-0.15, -0.1) is 0 Å². The van der Waals surface area contributed by atoms with Crippen LogP contribution < -0.4 is 13.7 Å². The summed E-state index contributed by atoms with van der Waals surface area (Å²) in [5.74, 6) is 0. The Labute approximate surface area is 329 Å². The Bertz CT molecular complexity index is 2620. The summed E-state index contributed by atoms with van der Waals surface area (Å²) >= 11 is 0. The van der Waals surface area contributed by atoms with Gasteiger partial charge in [0.1, 0.15) is 21.1 Å². The lowest BCUT2D eigenvalue weighted by Crippen LogP contribution is -2.33. The van der Waals surface area contributed by atoms with Crippen molar-refractivity contribution in [2.24, 2.45) is 21.1 Å².